The number of rotatable bonds is 3. The van der Waals surface area contributed by atoms with Crippen LogP contribution in [0, 0.1) is 13.8 Å². The lowest BCUT2D eigenvalue weighted by molar-refractivity contribution is 0.0528. The lowest BCUT2D eigenvalue weighted by Crippen LogP contribution is -2.42. The van der Waals surface area contributed by atoms with Gasteiger partial charge in [-0.15, -0.1) is 0 Å². The average Bonchev–Trinajstić information content (AvgIpc) is 2.32. The molecule has 0 saturated carbocycles. The number of hydrogen-bond donors (Lipinski definition) is 1. The summed E-state index contributed by atoms with van der Waals surface area (Å²) >= 11 is 0. The van der Waals surface area contributed by atoms with Crippen LogP contribution in [0.2, 0.25) is 0 Å². The molecule has 0 aliphatic carbocycles. The number of nitrogens with one attached hydrogen (secondary N) is 1. The fourth-order valence-electron chi connectivity index (χ4n) is 2.51. The molecule has 0 aromatic carbocycles. The Kier molecular flexibility index (Phi) is 4.19. The number of ether oxygens (including phenoxy) is 1. The second-order valence-electron chi connectivity index (χ2n) is 5.04. The molecule has 0 amide bonds. The van der Waals surface area contributed by atoms with Crippen molar-refractivity contribution in [1.29, 1.82) is 0 Å². The van der Waals surface area contributed by atoms with Gasteiger partial charge in [0.1, 0.15) is 5.82 Å². The molecule has 1 aliphatic rings. The van der Waals surface area contributed by atoms with E-state index in [2.05, 4.69) is 37.1 Å². The van der Waals surface area contributed by atoms with Gasteiger partial charge < -0.3 is 15.0 Å². The minimum absolute atomic E-state index is 0.281. The van der Waals surface area contributed by atoms with Crippen LogP contribution < -0.4 is 10.2 Å². The van der Waals surface area contributed by atoms with Crippen LogP contribution in [-0.4, -0.2) is 37.8 Å². The van der Waals surface area contributed by atoms with Crippen molar-refractivity contribution in [3.8, 4) is 0 Å². The molecule has 0 spiro atoms. The van der Waals surface area contributed by atoms with Crippen LogP contribution in [0.4, 0.5) is 5.82 Å². The first-order chi connectivity index (χ1) is 8.61. The molecule has 1 aliphatic heterocycles. The van der Waals surface area contributed by atoms with E-state index < -0.39 is 0 Å². The molecule has 4 heteroatoms. The van der Waals surface area contributed by atoms with E-state index in [-0.39, 0.29) is 6.10 Å². The SMILES string of the molecule is CNCc1c(C)cc(C)nc1N1CCOC(C)C1. The van der Waals surface area contributed by atoms with Crippen LogP contribution in [0.25, 0.3) is 0 Å². The van der Waals surface area contributed by atoms with E-state index in [9.17, 15) is 0 Å². The Morgan fingerprint density at radius 3 is 2.94 bits per heavy atom. The summed E-state index contributed by atoms with van der Waals surface area (Å²) in [5, 5.41) is 3.24. The second-order valence-corrected chi connectivity index (χ2v) is 5.04. The molecule has 1 saturated heterocycles. The summed E-state index contributed by atoms with van der Waals surface area (Å²) < 4.78 is 5.60. The van der Waals surface area contributed by atoms with E-state index in [1.165, 1.54) is 11.1 Å². The number of hydrogen-bond acceptors (Lipinski definition) is 4. The highest BCUT2D eigenvalue weighted by Crippen LogP contribution is 2.24. The van der Waals surface area contributed by atoms with Gasteiger partial charge in [0.15, 0.2) is 0 Å². The molecule has 1 fully saturated rings. The molecule has 18 heavy (non-hydrogen) atoms. The predicted molar refractivity (Wildman–Crippen MR) is 74.1 cm³/mol. The lowest BCUT2D eigenvalue weighted by Gasteiger charge is -2.34. The molecular weight excluding hydrogens is 226 g/mol. The van der Waals surface area contributed by atoms with E-state index in [1.807, 2.05) is 7.05 Å². The fraction of sp³-hybridized carbons (Fsp3) is 0.643. The lowest BCUT2D eigenvalue weighted by atomic mass is 10.1. The van der Waals surface area contributed by atoms with Gasteiger partial charge in [0, 0.05) is 30.9 Å². The van der Waals surface area contributed by atoms with E-state index in [1.54, 1.807) is 0 Å². The van der Waals surface area contributed by atoms with E-state index in [0.717, 1.165) is 37.8 Å². The normalized spacial score (nSPS) is 20.2. The molecule has 0 bridgehead atoms. The van der Waals surface area contributed by atoms with Crippen LogP contribution in [0.5, 0.6) is 0 Å². The van der Waals surface area contributed by atoms with Crippen molar-refractivity contribution in [1.82, 2.24) is 10.3 Å². The number of nitrogens with zero attached hydrogens (tertiary/aromatic N) is 2. The van der Waals surface area contributed by atoms with Gasteiger partial charge in [-0.2, -0.15) is 0 Å². The number of pyridine rings is 1. The van der Waals surface area contributed by atoms with Crippen molar-refractivity contribution >= 4 is 5.82 Å². The van der Waals surface area contributed by atoms with Crippen molar-refractivity contribution in [3.63, 3.8) is 0 Å². The molecule has 1 aromatic rings. The Morgan fingerprint density at radius 2 is 2.28 bits per heavy atom. The molecule has 0 radical (unpaired) electrons. The maximum Gasteiger partial charge on any atom is 0.133 e. The monoisotopic (exact) mass is 249 g/mol. The largest absolute Gasteiger partial charge is 0.375 e. The van der Waals surface area contributed by atoms with Gasteiger partial charge >= 0.3 is 0 Å². The topological polar surface area (TPSA) is 37.4 Å². The number of morpholine rings is 1. The molecule has 4 nitrogen and oxygen atoms in total. The third-order valence-corrected chi connectivity index (χ3v) is 3.35. The molecule has 100 valence electrons. The Morgan fingerprint density at radius 1 is 1.50 bits per heavy atom. The van der Waals surface area contributed by atoms with Gasteiger partial charge in [-0.1, -0.05) is 0 Å². The minimum Gasteiger partial charge on any atom is -0.375 e. The Hall–Kier alpha value is -1.13. The zero-order valence-corrected chi connectivity index (χ0v) is 11.8. The van der Waals surface area contributed by atoms with E-state index >= 15 is 0 Å². The van der Waals surface area contributed by atoms with Crippen LogP contribution in [0.15, 0.2) is 6.07 Å². The third kappa shape index (κ3) is 2.82. The first-order valence-electron chi connectivity index (χ1n) is 6.60. The van der Waals surface area contributed by atoms with Crippen molar-refractivity contribution in [2.75, 3.05) is 31.6 Å². The standard InChI is InChI=1S/C14H23N3O/c1-10-7-11(2)16-14(13(10)8-15-4)17-5-6-18-12(3)9-17/h7,12,15H,5-6,8-9H2,1-4H3. The smallest absolute Gasteiger partial charge is 0.133 e. The molecule has 1 aromatic heterocycles. The number of aryl methyl sites for hydroxylation is 2. The first kappa shape index (κ1) is 13.3. The zero-order chi connectivity index (χ0) is 13.1. The summed E-state index contributed by atoms with van der Waals surface area (Å²) in [6.07, 6.45) is 0.281. The summed E-state index contributed by atoms with van der Waals surface area (Å²) in [5.74, 6) is 1.12. The minimum atomic E-state index is 0.281. The summed E-state index contributed by atoms with van der Waals surface area (Å²) in [6.45, 7) is 9.84. The third-order valence-electron chi connectivity index (χ3n) is 3.35. The van der Waals surface area contributed by atoms with Gasteiger partial charge in [-0.3, -0.25) is 0 Å². The van der Waals surface area contributed by atoms with Gasteiger partial charge in [0.25, 0.3) is 0 Å². The predicted octanol–water partition coefficient (Wildman–Crippen LogP) is 1.64. The average molecular weight is 249 g/mol. The molecule has 2 rings (SSSR count). The number of anilines is 1. The molecule has 1 atom stereocenters. The fourth-order valence-corrected chi connectivity index (χ4v) is 2.51. The van der Waals surface area contributed by atoms with Crippen LogP contribution in [-0.2, 0) is 11.3 Å². The molecule has 1 unspecified atom stereocenters. The van der Waals surface area contributed by atoms with Gasteiger partial charge in [-0.05, 0) is 39.4 Å². The Bertz CT molecular complexity index is 420. The quantitative estimate of drug-likeness (QED) is 0.884. The van der Waals surface area contributed by atoms with E-state index in [4.69, 9.17) is 9.72 Å². The maximum absolute atomic E-state index is 5.60. The van der Waals surface area contributed by atoms with Gasteiger partial charge in [0.2, 0.25) is 0 Å². The highest BCUT2D eigenvalue weighted by Gasteiger charge is 2.21. The molecule has 2 heterocycles. The van der Waals surface area contributed by atoms with Gasteiger partial charge in [-0.25, -0.2) is 4.98 Å². The van der Waals surface area contributed by atoms with E-state index in [0.29, 0.717) is 0 Å². The summed E-state index contributed by atoms with van der Waals surface area (Å²) in [5.41, 5.74) is 3.70. The first-order valence-corrected chi connectivity index (χ1v) is 6.60. The van der Waals surface area contributed by atoms with Crippen molar-refractivity contribution in [3.05, 3.63) is 22.9 Å². The second kappa shape index (κ2) is 5.67. The summed E-state index contributed by atoms with van der Waals surface area (Å²) in [6, 6.07) is 2.15. The zero-order valence-electron chi connectivity index (χ0n) is 11.8. The van der Waals surface area contributed by atoms with Crippen LogP contribution in [0.3, 0.4) is 0 Å². The highest BCUT2D eigenvalue weighted by atomic mass is 16.5. The summed E-state index contributed by atoms with van der Waals surface area (Å²) in [4.78, 5) is 7.09. The summed E-state index contributed by atoms with van der Waals surface area (Å²) in [7, 11) is 1.98. The number of aromatic nitrogens is 1. The Balaban J connectivity index is 2.34. The molecule has 1 N–H and O–H groups in total. The van der Waals surface area contributed by atoms with Crippen LogP contribution in [0.1, 0.15) is 23.7 Å². The van der Waals surface area contributed by atoms with Crippen molar-refractivity contribution < 1.29 is 4.74 Å². The van der Waals surface area contributed by atoms with Crippen molar-refractivity contribution in [2.45, 2.75) is 33.4 Å². The van der Waals surface area contributed by atoms with Crippen molar-refractivity contribution in [2.24, 2.45) is 0 Å². The molecular formula is C14H23N3O. The van der Waals surface area contributed by atoms with Gasteiger partial charge in [0.05, 0.1) is 12.7 Å². The van der Waals surface area contributed by atoms with Crippen LogP contribution >= 0.6 is 0 Å². The highest BCUT2D eigenvalue weighted by molar-refractivity contribution is 5.52. The maximum atomic E-state index is 5.60. The Labute approximate surface area is 109 Å².